The highest BCUT2D eigenvalue weighted by Crippen LogP contribution is 2.27. The van der Waals surface area contributed by atoms with Gasteiger partial charge in [-0.25, -0.2) is 20.0 Å². The van der Waals surface area contributed by atoms with Crippen LogP contribution in [0.15, 0.2) is 24.8 Å². The normalized spacial score (nSPS) is 19.4. The highest BCUT2D eigenvalue weighted by atomic mass is 15.6. The number of nitrogens with one attached hydrogen (secondary N) is 1. The molecule has 4 rings (SSSR count). The second-order valence-electron chi connectivity index (χ2n) is 6.00. The number of nitrogens with zero attached hydrogens (tertiary/aromatic N) is 6. The second kappa shape index (κ2) is 5.99. The predicted octanol–water partition coefficient (Wildman–Crippen LogP) is 1.41. The smallest absolute Gasteiger partial charge is 0.199 e. The van der Waals surface area contributed by atoms with E-state index in [9.17, 15) is 5.26 Å². The van der Waals surface area contributed by atoms with Gasteiger partial charge < -0.3 is 9.88 Å². The molecule has 0 aromatic carbocycles. The van der Waals surface area contributed by atoms with Crippen molar-refractivity contribution in [3.63, 3.8) is 0 Å². The molecule has 2 aromatic rings. The molecule has 0 unspecified atom stereocenters. The number of aromatic nitrogens is 3. The van der Waals surface area contributed by atoms with Crippen LogP contribution in [-0.2, 0) is 0 Å². The number of nitriles is 1. The van der Waals surface area contributed by atoms with Crippen LogP contribution in [0.4, 0.5) is 0 Å². The Morgan fingerprint density at radius 1 is 1.22 bits per heavy atom. The summed E-state index contributed by atoms with van der Waals surface area (Å²) in [7, 11) is 0. The molecule has 7 nitrogen and oxygen atoms in total. The summed E-state index contributed by atoms with van der Waals surface area (Å²) in [6, 6.07) is 1.98. The van der Waals surface area contributed by atoms with Crippen LogP contribution in [0.5, 0.6) is 0 Å². The van der Waals surface area contributed by atoms with Crippen LogP contribution in [0.3, 0.4) is 0 Å². The molecular weight excluding hydrogens is 290 g/mol. The molecule has 2 aliphatic rings. The van der Waals surface area contributed by atoms with Gasteiger partial charge in [0.25, 0.3) is 0 Å². The van der Waals surface area contributed by atoms with Crippen molar-refractivity contribution in [3.05, 3.63) is 30.5 Å². The first-order chi connectivity index (χ1) is 11.3. The van der Waals surface area contributed by atoms with Gasteiger partial charge in [-0.3, -0.25) is 0 Å². The standard InChI is InChI=1S/C16H19N7/c17-11-23-10-13(9-22(23)8-7-21-5-1-2-6-21)15-14-3-4-18-16(14)20-12-19-15/h3-4,10,12H,1-2,5-9H2,(H,18,19,20). The summed E-state index contributed by atoms with van der Waals surface area (Å²) < 4.78 is 0. The van der Waals surface area contributed by atoms with E-state index in [4.69, 9.17) is 0 Å². The van der Waals surface area contributed by atoms with Crippen LogP contribution in [0, 0.1) is 11.5 Å². The van der Waals surface area contributed by atoms with Crippen LogP contribution in [-0.4, -0.2) is 62.6 Å². The Bertz CT molecular complexity index is 766. The number of hydrazine groups is 1. The van der Waals surface area contributed by atoms with E-state index in [0.717, 1.165) is 35.4 Å². The zero-order chi connectivity index (χ0) is 15.6. The maximum absolute atomic E-state index is 9.40. The van der Waals surface area contributed by atoms with Crippen LogP contribution in [0.2, 0.25) is 0 Å². The largest absolute Gasteiger partial charge is 0.346 e. The van der Waals surface area contributed by atoms with Crippen LogP contribution >= 0.6 is 0 Å². The average molecular weight is 309 g/mol. The van der Waals surface area contributed by atoms with Crippen molar-refractivity contribution in [1.82, 2.24) is 29.9 Å². The minimum Gasteiger partial charge on any atom is -0.346 e. The molecule has 0 bridgehead atoms. The van der Waals surface area contributed by atoms with Crippen molar-refractivity contribution in [1.29, 1.82) is 5.26 Å². The van der Waals surface area contributed by atoms with Crippen LogP contribution in [0.25, 0.3) is 16.6 Å². The van der Waals surface area contributed by atoms with E-state index in [-0.39, 0.29) is 0 Å². The minimum absolute atomic E-state index is 0.707. The van der Waals surface area contributed by atoms with E-state index < -0.39 is 0 Å². The Morgan fingerprint density at radius 2 is 2.09 bits per heavy atom. The Kier molecular flexibility index (Phi) is 3.69. The van der Waals surface area contributed by atoms with Crippen molar-refractivity contribution in [3.8, 4) is 6.19 Å². The van der Waals surface area contributed by atoms with E-state index in [1.54, 1.807) is 11.3 Å². The van der Waals surface area contributed by atoms with Crippen molar-refractivity contribution >= 4 is 16.6 Å². The number of H-pyrrole nitrogens is 1. The molecule has 4 heterocycles. The second-order valence-corrected chi connectivity index (χ2v) is 6.00. The fraction of sp³-hybridized carbons (Fsp3) is 0.438. The summed E-state index contributed by atoms with van der Waals surface area (Å²) in [5.41, 5.74) is 2.79. The summed E-state index contributed by atoms with van der Waals surface area (Å²) in [6.07, 6.45) is 10.1. The summed E-state index contributed by atoms with van der Waals surface area (Å²) in [5, 5.41) is 14.1. The molecule has 23 heavy (non-hydrogen) atoms. The molecule has 1 N–H and O–H groups in total. The highest BCUT2D eigenvalue weighted by Gasteiger charge is 2.25. The SMILES string of the molecule is N#CN1C=C(c2ncnc3[nH]ccc23)CN1CCN1CCCC1. The summed E-state index contributed by atoms with van der Waals surface area (Å²) in [5.74, 6) is 0. The molecule has 7 heteroatoms. The fourth-order valence-corrected chi connectivity index (χ4v) is 3.35. The molecule has 118 valence electrons. The van der Waals surface area contributed by atoms with Crippen molar-refractivity contribution in [2.75, 3.05) is 32.7 Å². The number of rotatable bonds is 4. The quantitative estimate of drug-likeness (QED) is 0.861. The zero-order valence-corrected chi connectivity index (χ0v) is 12.9. The van der Waals surface area contributed by atoms with Gasteiger partial charge in [0.15, 0.2) is 6.19 Å². The van der Waals surface area contributed by atoms with Gasteiger partial charge in [-0.05, 0) is 32.0 Å². The number of fused-ring (bicyclic) bond motifs is 1. The van der Waals surface area contributed by atoms with E-state index in [1.807, 2.05) is 18.5 Å². The molecule has 0 spiro atoms. The summed E-state index contributed by atoms with van der Waals surface area (Å²) in [4.78, 5) is 14.2. The molecular formula is C16H19N7. The van der Waals surface area contributed by atoms with Crippen LogP contribution in [0.1, 0.15) is 18.5 Å². The van der Waals surface area contributed by atoms with Gasteiger partial charge in [-0.2, -0.15) is 5.26 Å². The summed E-state index contributed by atoms with van der Waals surface area (Å²) >= 11 is 0. The van der Waals surface area contributed by atoms with Gasteiger partial charge in [-0.15, -0.1) is 0 Å². The number of aromatic amines is 1. The number of likely N-dealkylation sites (tertiary alicyclic amines) is 1. The summed E-state index contributed by atoms with van der Waals surface area (Å²) in [6.45, 7) is 4.92. The number of hydrogen-bond acceptors (Lipinski definition) is 6. The zero-order valence-electron chi connectivity index (χ0n) is 12.9. The highest BCUT2D eigenvalue weighted by molar-refractivity contribution is 5.88. The maximum Gasteiger partial charge on any atom is 0.199 e. The van der Waals surface area contributed by atoms with Gasteiger partial charge in [0.1, 0.15) is 12.0 Å². The Hall–Kier alpha value is -2.43. The molecule has 0 amide bonds. The maximum atomic E-state index is 9.40. The van der Waals surface area contributed by atoms with Gasteiger partial charge >= 0.3 is 0 Å². The first-order valence-electron chi connectivity index (χ1n) is 8.00. The average Bonchev–Trinajstić information content (AvgIpc) is 3.31. The van der Waals surface area contributed by atoms with Crippen molar-refractivity contribution in [2.45, 2.75) is 12.8 Å². The van der Waals surface area contributed by atoms with E-state index in [1.165, 1.54) is 25.9 Å². The lowest BCUT2D eigenvalue weighted by molar-refractivity contribution is 0.0983. The molecule has 0 saturated carbocycles. The molecule has 2 aliphatic heterocycles. The third-order valence-corrected chi connectivity index (χ3v) is 4.57. The van der Waals surface area contributed by atoms with Gasteiger partial charge in [0, 0.05) is 43.0 Å². The Labute approximate surface area is 134 Å². The number of hydrogen-bond donors (Lipinski definition) is 1. The molecule has 1 saturated heterocycles. The molecule has 0 radical (unpaired) electrons. The third kappa shape index (κ3) is 2.67. The monoisotopic (exact) mass is 309 g/mol. The Morgan fingerprint density at radius 3 is 2.91 bits per heavy atom. The molecule has 0 atom stereocenters. The predicted molar refractivity (Wildman–Crippen MR) is 86.6 cm³/mol. The van der Waals surface area contributed by atoms with E-state index in [0.29, 0.717) is 6.54 Å². The van der Waals surface area contributed by atoms with Crippen molar-refractivity contribution < 1.29 is 0 Å². The van der Waals surface area contributed by atoms with Crippen LogP contribution < -0.4 is 0 Å². The third-order valence-electron chi connectivity index (χ3n) is 4.57. The molecule has 1 fully saturated rings. The lowest BCUT2D eigenvalue weighted by Gasteiger charge is -2.24. The lowest BCUT2D eigenvalue weighted by atomic mass is 10.1. The Balaban J connectivity index is 1.52. The fourth-order valence-electron chi connectivity index (χ4n) is 3.35. The van der Waals surface area contributed by atoms with Gasteiger partial charge in [0.05, 0.1) is 5.69 Å². The van der Waals surface area contributed by atoms with E-state index >= 15 is 0 Å². The molecule has 0 aliphatic carbocycles. The lowest BCUT2D eigenvalue weighted by Crippen LogP contribution is -2.38. The topological polar surface area (TPSA) is 75.1 Å². The first kappa shape index (κ1) is 14.2. The van der Waals surface area contributed by atoms with Crippen molar-refractivity contribution in [2.24, 2.45) is 0 Å². The van der Waals surface area contributed by atoms with E-state index in [2.05, 4.69) is 31.1 Å². The molecule has 2 aromatic heterocycles. The first-order valence-corrected chi connectivity index (χ1v) is 8.00. The van der Waals surface area contributed by atoms with Gasteiger partial charge in [-0.1, -0.05) is 0 Å². The van der Waals surface area contributed by atoms with Gasteiger partial charge in [0.2, 0.25) is 0 Å². The minimum atomic E-state index is 0.707.